The summed E-state index contributed by atoms with van der Waals surface area (Å²) in [6, 6.07) is 14.1. The molecule has 3 aromatic rings. The molecule has 0 fully saturated rings. The number of amides is 2. The maximum absolute atomic E-state index is 12.4. The minimum Gasteiger partial charge on any atom is -0.454 e. The Labute approximate surface area is 183 Å². The van der Waals surface area contributed by atoms with E-state index in [1.54, 1.807) is 12.1 Å². The van der Waals surface area contributed by atoms with Crippen molar-refractivity contribution in [3.05, 3.63) is 77.1 Å². The molecule has 2 aliphatic heterocycles. The Morgan fingerprint density at radius 2 is 1.28 bits per heavy atom. The highest BCUT2D eigenvalue weighted by Crippen LogP contribution is 2.33. The van der Waals surface area contributed by atoms with Crippen molar-refractivity contribution in [1.82, 2.24) is 15.6 Å². The normalized spacial score (nSPS) is 13.0. The number of rotatable bonds is 6. The quantitative estimate of drug-likeness (QED) is 0.615. The first-order valence-electron chi connectivity index (χ1n) is 9.95. The molecule has 2 amide bonds. The first-order chi connectivity index (χ1) is 15.7. The minimum atomic E-state index is -0.338. The lowest BCUT2D eigenvalue weighted by atomic mass is 10.2. The lowest BCUT2D eigenvalue weighted by molar-refractivity contribution is 0.0935. The van der Waals surface area contributed by atoms with Gasteiger partial charge in [-0.05, 0) is 47.5 Å². The van der Waals surface area contributed by atoms with E-state index in [1.165, 1.54) is 12.3 Å². The van der Waals surface area contributed by atoms with Gasteiger partial charge in [-0.3, -0.25) is 14.6 Å². The predicted octanol–water partition coefficient (Wildman–Crippen LogP) is 2.40. The fourth-order valence-electron chi connectivity index (χ4n) is 3.32. The van der Waals surface area contributed by atoms with Crippen LogP contribution in [0.25, 0.3) is 0 Å². The van der Waals surface area contributed by atoms with Gasteiger partial charge in [0.2, 0.25) is 13.6 Å². The summed E-state index contributed by atoms with van der Waals surface area (Å²) in [5.41, 5.74) is 2.34. The van der Waals surface area contributed by atoms with Gasteiger partial charge in [0, 0.05) is 19.3 Å². The number of nitrogens with one attached hydrogen (secondary N) is 2. The third-order valence-electron chi connectivity index (χ3n) is 5.04. The van der Waals surface area contributed by atoms with Crippen LogP contribution in [0.1, 0.15) is 32.0 Å². The molecule has 9 nitrogen and oxygen atoms in total. The third-order valence-corrected chi connectivity index (χ3v) is 5.04. The number of nitrogens with zero attached hydrogens (tertiary/aromatic N) is 1. The Morgan fingerprint density at radius 3 is 1.84 bits per heavy atom. The Morgan fingerprint density at radius 1 is 0.719 bits per heavy atom. The highest BCUT2D eigenvalue weighted by atomic mass is 16.7. The summed E-state index contributed by atoms with van der Waals surface area (Å²) in [7, 11) is 0. The fourth-order valence-corrected chi connectivity index (χ4v) is 3.32. The van der Waals surface area contributed by atoms with E-state index < -0.39 is 0 Å². The molecule has 0 radical (unpaired) electrons. The molecule has 0 unspecified atom stereocenters. The summed E-state index contributed by atoms with van der Waals surface area (Å²) in [5.74, 6) is 2.07. The second-order valence-electron chi connectivity index (χ2n) is 7.17. The summed E-state index contributed by atoms with van der Waals surface area (Å²) in [6.07, 6.45) is 1.38. The lowest BCUT2D eigenvalue weighted by Gasteiger charge is -2.08. The van der Waals surface area contributed by atoms with Crippen molar-refractivity contribution in [1.29, 1.82) is 0 Å². The van der Waals surface area contributed by atoms with Crippen molar-refractivity contribution >= 4 is 11.8 Å². The number of carbonyl (C=O) groups excluding carboxylic acids is 2. The zero-order chi connectivity index (χ0) is 21.9. The van der Waals surface area contributed by atoms with Crippen LogP contribution in [0, 0.1) is 0 Å². The molecular formula is C23H19N3O6. The molecule has 1 aromatic heterocycles. The molecule has 9 heteroatoms. The second-order valence-corrected chi connectivity index (χ2v) is 7.17. The molecule has 162 valence electrons. The maximum Gasteiger partial charge on any atom is 0.270 e. The molecule has 0 aliphatic carbocycles. The zero-order valence-corrected chi connectivity index (χ0v) is 16.9. The lowest BCUT2D eigenvalue weighted by Crippen LogP contribution is -2.25. The van der Waals surface area contributed by atoms with Crippen molar-refractivity contribution in [2.24, 2.45) is 0 Å². The van der Waals surface area contributed by atoms with Gasteiger partial charge in [-0.15, -0.1) is 0 Å². The molecule has 2 aliphatic rings. The number of hydrogen-bond acceptors (Lipinski definition) is 7. The van der Waals surface area contributed by atoms with E-state index >= 15 is 0 Å². The van der Waals surface area contributed by atoms with Gasteiger partial charge in [-0.2, -0.15) is 0 Å². The molecule has 0 bridgehead atoms. The Bertz CT molecular complexity index is 1090. The molecule has 0 saturated carbocycles. The van der Waals surface area contributed by atoms with Gasteiger partial charge in [-0.25, -0.2) is 0 Å². The summed E-state index contributed by atoms with van der Waals surface area (Å²) in [5, 5.41) is 5.63. The SMILES string of the molecule is O=C(NCc1ccc2c(c1)OCO2)c1ccc(C(=O)NCc2ccc3c(c2)OCO3)nc1. The largest absolute Gasteiger partial charge is 0.454 e. The number of hydrogen-bond donors (Lipinski definition) is 2. The zero-order valence-electron chi connectivity index (χ0n) is 16.9. The Balaban J connectivity index is 1.14. The van der Waals surface area contributed by atoms with E-state index in [0.29, 0.717) is 41.7 Å². The van der Waals surface area contributed by atoms with E-state index in [4.69, 9.17) is 18.9 Å². The average Bonchev–Trinajstić information content (AvgIpc) is 3.49. The van der Waals surface area contributed by atoms with E-state index in [-0.39, 0.29) is 31.1 Å². The number of pyridine rings is 1. The fraction of sp³-hybridized carbons (Fsp3) is 0.174. The van der Waals surface area contributed by atoms with Crippen LogP contribution in [-0.2, 0) is 13.1 Å². The number of carbonyl (C=O) groups is 2. The van der Waals surface area contributed by atoms with Crippen LogP contribution in [0.15, 0.2) is 54.7 Å². The van der Waals surface area contributed by atoms with Crippen LogP contribution in [0.4, 0.5) is 0 Å². The highest BCUT2D eigenvalue weighted by Gasteiger charge is 2.16. The number of ether oxygens (including phenoxy) is 4. The smallest absolute Gasteiger partial charge is 0.270 e. The number of fused-ring (bicyclic) bond motifs is 2. The van der Waals surface area contributed by atoms with Gasteiger partial charge in [0.05, 0.1) is 5.56 Å². The Hall–Kier alpha value is -4.27. The van der Waals surface area contributed by atoms with Crippen molar-refractivity contribution in [2.75, 3.05) is 13.6 Å². The molecule has 2 N–H and O–H groups in total. The van der Waals surface area contributed by atoms with Gasteiger partial charge < -0.3 is 29.6 Å². The van der Waals surface area contributed by atoms with Crippen molar-refractivity contribution in [3.63, 3.8) is 0 Å². The second kappa shape index (κ2) is 8.46. The third kappa shape index (κ3) is 4.13. The monoisotopic (exact) mass is 433 g/mol. The van der Waals surface area contributed by atoms with Crippen LogP contribution >= 0.6 is 0 Å². The summed E-state index contributed by atoms with van der Waals surface area (Å²) >= 11 is 0. The summed E-state index contributed by atoms with van der Waals surface area (Å²) in [6.45, 7) is 1.04. The number of aromatic nitrogens is 1. The topological polar surface area (TPSA) is 108 Å². The molecule has 3 heterocycles. The number of benzene rings is 2. The van der Waals surface area contributed by atoms with Gasteiger partial charge in [-0.1, -0.05) is 12.1 Å². The molecule has 32 heavy (non-hydrogen) atoms. The first-order valence-corrected chi connectivity index (χ1v) is 9.95. The molecule has 0 atom stereocenters. The molecule has 2 aromatic carbocycles. The minimum absolute atomic E-state index is 0.200. The maximum atomic E-state index is 12.4. The van der Waals surface area contributed by atoms with Crippen LogP contribution in [0.3, 0.4) is 0 Å². The van der Waals surface area contributed by atoms with E-state index in [9.17, 15) is 9.59 Å². The molecule has 5 rings (SSSR count). The van der Waals surface area contributed by atoms with Crippen molar-refractivity contribution < 1.29 is 28.5 Å². The van der Waals surface area contributed by atoms with Crippen LogP contribution in [0.5, 0.6) is 23.0 Å². The standard InChI is InChI=1S/C23H19N3O6/c27-22(25-9-14-1-5-18-20(7-14)31-12-29-18)16-3-4-17(24-11-16)23(28)26-10-15-2-6-19-21(8-15)32-13-30-19/h1-8,11H,9-10,12-13H2,(H,25,27)(H,26,28). The van der Waals surface area contributed by atoms with Crippen LogP contribution < -0.4 is 29.6 Å². The molecule has 0 spiro atoms. The summed E-state index contributed by atoms with van der Waals surface area (Å²) < 4.78 is 21.2. The summed E-state index contributed by atoms with van der Waals surface area (Å²) in [4.78, 5) is 28.9. The molecular weight excluding hydrogens is 414 g/mol. The first kappa shape index (κ1) is 19.7. The van der Waals surface area contributed by atoms with Crippen LogP contribution in [-0.4, -0.2) is 30.4 Å². The van der Waals surface area contributed by atoms with E-state index in [0.717, 1.165) is 11.1 Å². The predicted molar refractivity (Wildman–Crippen MR) is 112 cm³/mol. The van der Waals surface area contributed by atoms with Crippen molar-refractivity contribution in [3.8, 4) is 23.0 Å². The van der Waals surface area contributed by atoms with E-state index in [2.05, 4.69) is 15.6 Å². The Kier molecular flexibility index (Phi) is 5.20. The highest BCUT2D eigenvalue weighted by molar-refractivity contribution is 5.96. The molecule has 0 saturated heterocycles. The van der Waals surface area contributed by atoms with E-state index in [1.807, 2.05) is 30.3 Å². The average molecular weight is 433 g/mol. The van der Waals surface area contributed by atoms with Gasteiger partial charge in [0.1, 0.15) is 5.69 Å². The van der Waals surface area contributed by atoms with Crippen molar-refractivity contribution in [2.45, 2.75) is 13.1 Å². The van der Waals surface area contributed by atoms with Gasteiger partial charge >= 0.3 is 0 Å². The van der Waals surface area contributed by atoms with Gasteiger partial charge in [0.15, 0.2) is 23.0 Å². The van der Waals surface area contributed by atoms with Gasteiger partial charge in [0.25, 0.3) is 11.8 Å². The van der Waals surface area contributed by atoms with Crippen LogP contribution in [0.2, 0.25) is 0 Å².